The first-order valence-electron chi connectivity index (χ1n) is 5.83. The summed E-state index contributed by atoms with van der Waals surface area (Å²) in [5.74, 6) is 0.354. The van der Waals surface area contributed by atoms with Crippen LogP contribution in [0.4, 0.5) is 0 Å². The SMILES string of the molecule is O=C1C/C=C\C2=C(CC1)c1ccccc1C2. The van der Waals surface area contributed by atoms with E-state index in [2.05, 4.69) is 30.3 Å². The minimum atomic E-state index is 0.354. The van der Waals surface area contributed by atoms with E-state index in [9.17, 15) is 4.79 Å². The average Bonchev–Trinajstić information content (AvgIpc) is 2.61. The number of hydrogen-bond acceptors (Lipinski definition) is 1. The monoisotopic (exact) mass is 210 g/mol. The fraction of sp³-hybridized carbons (Fsp3) is 0.267. The van der Waals surface area contributed by atoms with Crippen molar-refractivity contribution in [3.63, 3.8) is 0 Å². The van der Waals surface area contributed by atoms with Gasteiger partial charge in [-0.25, -0.2) is 0 Å². The molecule has 0 aromatic heterocycles. The fourth-order valence-electron chi connectivity index (χ4n) is 2.61. The van der Waals surface area contributed by atoms with E-state index >= 15 is 0 Å². The average molecular weight is 210 g/mol. The van der Waals surface area contributed by atoms with Gasteiger partial charge in [0.05, 0.1) is 0 Å². The van der Waals surface area contributed by atoms with E-state index in [0.29, 0.717) is 18.6 Å². The second-order valence-corrected chi connectivity index (χ2v) is 4.48. The zero-order chi connectivity index (χ0) is 11.0. The zero-order valence-electron chi connectivity index (χ0n) is 9.20. The topological polar surface area (TPSA) is 17.1 Å². The van der Waals surface area contributed by atoms with Gasteiger partial charge in [0.25, 0.3) is 0 Å². The van der Waals surface area contributed by atoms with Crippen molar-refractivity contribution in [2.75, 3.05) is 0 Å². The summed E-state index contributed by atoms with van der Waals surface area (Å²) in [5.41, 5.74) is 5.57. The number of Topliss-reactive ketones (excluding diaryl/α,β-unsaturated/α-hetero) is 1. The first-order valence-corrected chi connectivity index (χ1v) is 5.83. The molecule has 3 rings (SSSR count). The van der Waals surface area contributed by atoms with Crippen molar-refractivity contribution in [1.29, 1.82) is 0 Å². The van der Waals surface area contributed by atoms with Gasteiger partial charge in [-0.05, 0) is 35.1 Å². The van der Waals surface area contributed by atoms with Crippen molar-refractivity contribution < 1.29 is 4.79 Å². The molecule has 16 heavy (non-hydrogen) atoms. The maximum Gasteiger partial charge on any atom is 0.136 e. The molecule has 80 valence electrons. The van der Waals surface area contributed by atoms with Crippen LogP contribution in [-0.4, -0.2) is 5.78 Å². The number of ketones is 1. The largest absolute Gasteiger partial charge is 0.299 e. The summed E-state index contributed by atoms with van der Waals surface area (Å²) in [4.78, 5) is 11.5. The second-order valence-electron chi connectivity index (χ2n) is 4.48. The Bertz CT molecular complexity index is 506. The minimum Gasteiger partial charge on any atom is -0.299 e. The van der Waals surface area contributed by atoms with E-state index < -0.39 is 0 Å². The van der Waals surface area contributed by atoms with Gasteiger partial charge in [0.2, 0.25) is 0 Å². The first kappa shape index (κ1) is 9.59. The lowest BCUT2D eigenvalue weighted by Gasteiger charge is -2.08. The minimum absolute atomic E-state index is 0.354. The summed E-state index contributed by atoms with van der Waals surface area (Å²) in [6, 6.07) is 8.54. The molecule has 0 heterocycles. The van der Waals surface area contributed by atoms with E-state index in [-0.39, 0.29) is 0 Å². The lowest BCUT2D eigenvalue weighted by molar-refractivity contribution is -0.118. The number of carbonyl (C=O) groups excluding carboxylic acids is 1. The van der Waals surface area contributed by atoms with Gasteiger partial charge in [0, 0.05) is 12.8 Å². The molecule has 0 saturated heterocycles. The van der Waals surface area contributed by atoms with Crippen LogP contribution >= 0.6 is 0 Å². The Balaban J connectivity index is 2.04. The molecule has 0 aliphatic heterocycles. The van der Waals surface area contributed by atoms with Crippen molar-refractivity contribution in [2.24, 2.45) is 0 Å². The molecular weight excluding hydrogens is 196 g/mol. The number of rotatable bonds is 0. The highest BCUT2D eigenvalue weighted by Crippen LogP contribution is 2.37. The Morgan fingerprint density at radius 3 is 2.88 bits per heavy atom. The summed E-state index contributed by atoms with van der Waals surface area (Å²) < 4.78 is 0. The van der Waals surface area contributed by atoms with E-state index in [1.54, 1.807) is 0 Å². The highest BCUT2D eigenvalue weighted by Gasteiger charge is 2.20. The third-order valence-corrected chi connectivity index (χ3v) is 3.43. The van der Waals surface area contributed by atoms with Gasteiger partial charge in [-0.1, -0.05) is 36.4 Å². The Hall–Kier alpha value is -1.63. The molecule has 0 bridgehead atoms. The highest BCUT2D eigenvalue weighted by atomic mass is 16.1. The van der Waals surface area contributed by atoms with Gasteiger partial charge >= 0.3 is 0 Å². The van der Waals surface area contributed by atoms with Crippen LogP contribution in [0.5, 0.6) is 0 Å². The van der Waals surface area contributed by atoms with Crippen LogP contribution in [0.15, 0.2) is 42.0 Å². The third-order valence-electron chi connectivity index (χ3n) is 3.43. The highest BCUT2D eigenvalue weighted by molar-refractivity contribution is 5.86. The Labute approximate surface area is 95.5 Å². The molecule has 1 aromatic rings. The summed E-state index contributed by atoms with van der Waals surface area (Å²) in [7, 11) is 0. The molecule has 0 fully saturated rings. The normalized spacial score (nSPS) is 21.1. The Morgan fingerprint density at radius 2 is 1.94 bits per heavy atom. The van der Waals surface area contributed by atoms with Crippen LogP contribution in [0.1, 0.15) is 30.4 Å². The molecule has 0 amide bonds. The van der Waals surface area contributed by atoms with Crippen LogP contribution in [0, 0.1) is 0 Å². The quantitative estimate of drug-likeness (QED) is 0.642. The molecule has 0 spiro atoms. The van der Waals surface area contributed by atoms with Crippen molar-refractivity contribution in [3.05, 3.63) is 53.1 Å². The molecule has 0 atom stereocenters. The molecule has 1 heteroatoms. The van der Waals surface area contributed by atoms with E-state index in [4.69, 9.17) is 0 Å². The Morgan fingerprint density at radius 1 is 1.06 bits per heavy atom. The van der Waals surface area contributed by atoms with Gasteiger partial charge in [0.15, 0.2) is 0 Å². The molecule has 0 radical (unpaired) electrons. The standard InChI is InChI=1S/C15H14O/c16-13-6-3-5-12-10-11-4-1-2-7-14(11)15(12)9-8-13/h1-5,7H,6,8-10H2/b5-3-. The van der Waals surface area contributed by atoms with Crippen molar-refractivity contribution in [2.45, 2.75) is 25.7 Å². The van der Waals surface area contributed by atoms with Gasteiger partial charge in [0.1, 0.15) is 5.78 Å². The lowest BCUT2D eigenvalue weighted by Crippen LogP contribution is -1.99. The predicted octanol–water partition coefficient (Wildman–Crippen LogP) is 3.31. The summed E-state index contributed by atoms with van der Waals surface area (Å²) in [6.07, 6.45) is 7.41. The number of allylic oxidation sites excluding steroid dienone is 4. The van der Waals surface area contributed by atoms with E-state index in [0.717, 1.165) is 12.8 Å². The maximum atomic E-state index is 11.5. The van der Waals surface area contributed by atoms with Gasteiger partial charge < -0.3 is 0 Å². The van der Waals surface area contributed by atoms with Crippen LogP contribution in [-0.2, 0) is 11.2 Å². The molecule has 0 saturated carbocycles. The maximum absolute atomic E-state index is 11.5. The summed E-state index contributed by atoms with van der Waals surface area (Å²) >= 11 is 0. The van der Waals surface area contributed by atoms with Crippen LogP contribution in [0.2, 0.25) is 0 Å². The van der Waals surface area contributed by atoms with Crippen molar-refractivity contribution >= 4 is 11.4 Å². The smallest absolute Gasteiger partial charge is 0.136 e. The predicted molar refractivity (Wildman–Crippen MR) is 65.1 cm³/mol. The number of benzene rings is 1. The van der Waals surface area contributed by atoms with E-state index in [1.165, 1.54) is 22.3 Å². The second kappa shape index (κ2) is 3.75. The van der Waals surface area contributed by atoms with Crippen LogP contribution in [0.25, 0.3) is 5.57 Å². The van der Waals surface area contributed by atoms with Gasteiger partial charge in [-0.2, -0.15) is 0 Å². The molecule has 1 nitrogen and oxygen atoms in total. The van der Waals surface area contributed by atoms with Gasteiger partial charge in [-0.3, -0.25) is 4.79 Å². The van der Waals surface area contributed by atoms with Gasteiger partial charge in [-0.15, -0.1) is 0 Å². The fourth-order valence-corrected chi connectivity index (χ4v) is 2.61. The summed E-state index contributed by atoms with van der Waals surface area (Å²) in [6.45, 7) is 0. The zero-order valence-corrected chi connectivity index (χ0v) is 9.20. The number of hydrogen-bond donors (Lipinski definition) is 0. The lowest BCUT2D eigenvalue weighted by atomic mass is 9.96. The van der Waals surface area contributed by atoms with Crippen molar-refractivity contribution in [1.82, 2.24) is 0 Å². The Kier molecular flexibility index (Phi) is 2.24. The molecule has 0 N–H and O–H groups in total. The molecular formula is C15H14O. The van der Waals surface area contributed by atoms with Crippen LogP contribution < -0.4 is 0 Å². The summed E-state index contributed by atoms with van der Waals surface area (Å²) in [5, 5.41) is 0. The third kappa shape index (κ3) is 1.53. The molecule has 0 unspecified atom stereocenters. The number of fused-ring (bicyclic) bond motifs is 2. The first-order chi connectivity index (χ1) is 7.84. The van der Waals surface area contributed by atoms with Crippen LogP contribution in [0.3, 0.4) is 0 Å². The molecule has 1 aromatic carbocycles. The van der Waals surface area contributed by atoms with E-state index in [1.807, 2.05) is 6.08 Å². The van der Waals surface area contributed by atoms with Crippen molar-refractivity contribution in [3.8, 4) is 0 Å². The molecule has 2 aliphatic carbocycles. The molecule has 2 aliphatic rings. The number of carbonyl (C=O) groups is 1.